The molecule has 1 unspecified atom stereocenters. The van der Waals surface area contributed by atoms with E-state index >= 15 is 0 Å². The third-order valence-electron chi connectivity index (χ3n) is 2.86. The van der Waals surface area contributed by atoms with Crippen LogP contribution in [-0.4, -0.2) is 9.91 Å². The molecule has 1 aromatic heterocycles. The van der Waals surface area contributed by atoms with Gasteiger partial charge in [0.25, 0.3) is 5.69 Å². The number of aryl methyl sites for hydroxylation is 2. The number of hydrogen-bond acceptors (Lipinski definition) is 5. The zero-order chi connectivity index (χ0) is 14.9. The zero-order valence-corrected chi connectivity index (χ0v) is 12.1. The van der Waals surface area contributed by atoms with Crippen LogP contribution in [0.15, 0.2) is 18.3 Å². The quantitative estimate of drug-likeness (QED) is 0.684. The van der Waals surface area contributed by atoms with Crippen LogP contribution in [0.5, 0.6) is 0 Å². The van der Waals surface area contributed by atoms with Crippen molar-refractivity contribution in [3.63, 3.8) is 0 Å². The van der Waals surface area contributed by atoms with E-state index in [0.717, 1.165) is 16.0 Å². The summed E-state index contributed by atoms with van der Waals surface area (Å²) in [5.41, 5.74) is 0.392. The first-order chi connectivity index (χ1) is 9.38. The van der Waals surface area contributed by atoms with Crippen LogP contribution in [0.1, 0.15) is 28.4 Å². The predicted octanol–water partition coefficient (Wildman–Crippen LogP) is 3.98. The molecule has 0 aliphatic heterocycles. The van der Waals surface area contributed by atoms with Gasteiger partial charge in [-0.05, 0) is 32.4 Å². The molecule has 1 aromatic carbocycles. The van der Waals surface area contributed by atoms with E-state index in [9.17, 15) is 14.5 Å². The fourth-order valence-corrected chi connectivity index (χ4v) is 2.58. The normalized spacial score (nSPS) is 12.2. The molecule has 2 aromatic rings. The number of thiazole rings is 1. The van der Waals surface area contributed by atoms with Crippen molar-refractivity contribution in [1.82, 2.24) is 4.98 Å². The average molecular weight is 295 g/mol. The maximum atomic E-state index is 13.4. The minimum atomic E-state index is -0.593. The highest BCUT2D eigenvalue weighted by Crippen LogP contribution is 2.31. The van der Waals surface area contributed by atoms with Crippen LogP contribution in [0.2, 0.25) is 0 Å². The van der Waals surface area contributed by atoms with Crippen molar-refractivity contribution < 1.29 is 9.31 Å². The van der Waals surface area contributed by atoms with Gasteiger partial charge in [-0.25, -0.2) is 9.37 Å². The van der Waals surface area contributed by atoms with Crippen molar-refractivity contribution in [2.45, 2.75) is 26.8 Å². The van der Waals surface area contributed by atoms with Crippen LogP contribution in [0.25, 0.3) is 0 Å². The third kappa shape index (κ3) is 2.93. The molecule has 0 spiro atoms. The fourth-order valence-electron chi connectivity index (χ4n) is 1.81. The van der Waals surface area contributed by atoms with Crippen LogP contribution in [-0.2, 0) is 0 Å². The molecule has 1 N–H and O–H groups in total. The maximum absolute atomic E-state index is 13.4. The Morgan fingerprint density at radius 3 is 2.70 bits per heavy atom. The van der Waals surface area contributed by atoms with E-state index in [1.165, 1.54) is 17.4 Å². The van der Waals surface area contributed by atoms with Crippen LogP contribution in [0.3, 0.4) is 0 Å². The SMILES string of the molecule is Cc1cnc(C(C)Nc2cc(C)c(F)cc2[N+](=O)[O-])s1. The van der Waals surface area contributed by atoms with Crippen LogP contribution >= 0.6 is 11.3 Å². The Balaban J connectivity index is 2.33. The fraction of sp³-hybridized carbons (Fsp3) is 0.308. The topological polar surface area (TPSA) is 68.1 Å². The number of anilines is 1. The van der Waals surface area contributed by atoms with Gasteiger partial charge in [-0.15, -0.1) is 11.3 Å². The summed E-state index contributed by atoms with van der Waals surface area (Å²) in [5.74, 6) is -0.583. The lowest BCUT2D eigenvalue weighted by molar-refractivity contribution is -0.384. The first kappa shape index (κ1) is 14.4. The van der Waals surface area contributed by atoms with Gasteiger partial charge < -0.3 is 5.32 Å². The molecule has 106 valence electrons. The van der Waals surface area contributed by atoms with E-state index in [0.29, 0.717) is 11.3 Å². The standard InChI is InChI=1S/C13H14FN3O2S/c1-7-4-11(12(17(18)19)5-10(7)14)16-9(3)13-15-6-8(2)20-13/h4-6,9,16H,1-3H3. The molecular weight excluding hydrogens is 281 g/mol. The Morgan fingerprint density at radius 2 is 2.15 bits per heavy atom. The first-order valence-electron chi connectivity index (χ1n) is 6.02. The molecule has 0 radical (unpaired) electrons. The van der Waals surface area contributed by atoms with Gasteiger partial charge in [-0.2, -0.15) is 0 Å². The lowest BCUT2D eigenvalue weighted by Gasteiger charge is -2.13. The molecule has 0 aliphatic rings. The number of aromatic nitrogens is 1. The van der Waals surface area contributed by atoms with Gasteiger partial charge in [0.05, 0.1) is 17.0 Å². The minimum Gasteiger partial charge on any atom is -0.371 e. The highest BCUT2D eigenvalue weighted by molar-refractivity contribution is 7.11. The van der Waals surface area contributed by atoms with Crippen molar-refractivity contribution in [2.24, 2.45) is 0 Å². The number of nitro benzene ring substituents is 1. The number of benzene rings is 1. The highest BCUT2D eigenvalue weighted by atomic mass is 32.1. The van der Waals surface area contributed by atoms with Gasteiger partial charge in [0.2, 0.25) is 0 Å². The number of nitrogens with one attached hydrogen (secondary N) is 1. The van der Waals surface area contributed by atoms with Gasteiger partial charge in [0.1, 0.15) is 16.5 Å². The lowest BCUT2D eigenvalue weighted by Crippen LogP contribution is -2.08. The van der Waals surface area contributed by atoms with E-state index in [2.05, 4.69) is 10.3 Å². The van der Waals surface area contributed by atoms with E-state index in [4.69, 9.17) is 0 Å². The van der Waals surface area contributed by atoms with Crippen LogP contribution < -0.4 is 5.32 Å². The van der Waals surface area contributed by atoms with Crippen LogP contribution in [0, 0.1) is 29.8 Å². The molecule has 1 atom stereocenters. The molecule has 0 amide bonds. The molecule has 20 heavy (non-hydrogen) atoms. The van der Waals surface area contributed by atoms with E-state index in [-0.39, 0.29) is 11.7 Å². The summed E-state index contributed by atoms with van der Waals surface area (Å²) in [6, 6.07) is 2.21. The molecule has 0 bridgehead atoms. The van der Waals surface area contributed by atoms with E-state index in [1.54, 1.807) is 13.1 Å². The molecule has 7 heteroatoms. The van der Waals surface area contributed by atoms with Gasteiger partial charge >= 0.3 is 0 Å². The van der Waals surface area contributed by atoms with E-state index in [1.807, 2.05) is 13.8 Å². The summed E-state index contributed by atoms with van der Waals surface area (Å²) in [5, 5.41) is 14.9. The monoisotopic (exact) mass is 295 g/mol. The maximum Gasteiger partial charge on any atom is 0.295 e. The Morgan fingerprint density at radius 1 is 1.45 bits per heavy atom. The number of rotatable bonds is 4. The zero-order valence-electron chi connectivity index (χ0n) is 11.3. The second-order valence-corrected chi connectivity index (χ2v) is 5.82. The predicted molar refractivity (Wildman–Crippen MR) is 76.7 cm³/mol. The Bertz CT molecular complexity index is 657. The lowest BCUT2D eigenvalue weighted by atomic mass is 10.1. The van der Waals surface area contributed by atoms with Crippen molar-refractivity contribution in [3.05, 3.63) is 49.7 Å². The third-order valence-corrected chi connectivity index (χ3v) is 3.95. The molecule has 5 nitrogen and oxygen atoms in total. The van der Waals surface area contributed by atoms with Gasteiger partial charge in [-0.1, -0.05) is 0 Å². The van der Waals surface area contributed by atoms with E-state index < -0.39 is 10.7 Å². The number of halogens is 1. The van der Waals surface area contributed by atoms with Crippen molar-refractivity contribution >= 4 is 22.7 Å². The number of hydrogen-bond donors (Lipinski definition) is 1. The Kier molecular flexibility index (Phi) is 3.99. The molecular formula is C13H14FN3O2S. The molecule has 0 aliphatic carbocycles. The Labute approximate surface area is 119 Å². The summed E-state index contributed by atoms with van der Waals surface area (Å²) in [7, 11) is 0. The minimum absolute atomic E-state index is 0.183. The highest BCUT2D eigenvalue weighted by Gasteiger charge is 2.19. The van der Waals surface area contributed by atoms with Crippen LogP contribution in [0.4, 0.5) is 15.8 Å². The first-order valence-corrected chi connectivity index (χ1v) is 6.83. The van der Waals surface area contributed by atoms with Crippen molar-refractivity contribution in [1.29, 1.82) is 0 Å². The molecule has 0 saturated heterocycles. The second kappa shape index (κ2) is 5.54. The summed E-state index contributed by atoms with van der Waals surface area (Å²) >= 11 is 1.52. The summed E-state index contributed by atoms with van der Waals surface area (Å²) in [6.45, 7) is 5.38. The molecule has 0 saturated carbocycles. The molecule has 2 rings (SSSR count). The second-order valence-electron chi connectivity index (χ2n) is 4.55. The van der Waals surface area contributed by atoms with Gasteiger partial charge in [0.15, 0.2) is 0 Å². The largest absolute Gasteiger partial charge is 0.371 e. The molecule has 0 fully saturated rings. The number of nitro groups is 1. The Hall–Kier alpha value is -2.02. The number of nitrogens with zero attached hydrogens (tertiary/aromatic N) is 2. The smallest absolute Gasteiger partial charge is 0.295 e. The van der Waals surface area contributed by atoms with Crippen molar-refractivity contribution in [3.8, 4) is 0 Å². The van der Waals surface area contributed by atoms with Gasteiger partial charge in [0, 0.05) is 11.1 Å². The summed E-state index contributed by atoms with van der Waals surface area (Å²) < 4.78 is 13.4. The molecule has 1 heterocycles. The van der Waals surface area contributed by atoms with Crippen molar-refractivity contribution in [2.75, 3.05) is 5.32 Å². The summed E-state index contributed by atoms with van der Waals surface area (Å²) in [6.07, 6.45) is 1.75. The van der Waals surface area contributed by atoms with Gasteiger partial charge in [-0.3, -0.25) is 10.1 Å². The average Bonchev–Trinajstić information content (AvgIpc) is 2.80. The summed E-state index contributed by atoms with van der Waals surface area (Å²) in [4.78, 5) is 15.7.